The molecule has 0 saturated heterocycles. The van der Waals surface area contributed by atoms with E-state index in [4.69, 9.17) is 4.74 Å². The third-order valence-corrected chi connectivity index (χ3v) is 3.81. The first kappa shape index (κ1) is 10.8. The lowest BCUT2D eigenvalue weighted by molar-refractivity contribution is -0.103. The first-order chi connectivity index (χ1) is 9.16. The van der Waals surface area contributed by atoms with Gasteiger partial charge in [0.25, 0.3) is 0 Å². The van der Waals surface area contributed by atoms with Crippen molar-refractivity contribution in [3.05, 3.63) is 54.1 Å². The summed E-state index contributed by atoms with van der Waals surface area (Å²) < 4.78 is 5.77. The van der Waals surface area contributed by atoms with E-state index in [1.165, 1.54) is 16.2 Å². The van der Waals surface area contributed by atoms with E-state index in [2.05, 4.69) is 30.3 Å². The molecule has 1 atom stereocenters. The van der Waals surface area contributed by atoms with Crippen LogP contribution in [0.15, 0.2) is 48.5 Å². The smallest absolute Gasteiger partial charge is 0.209 e. The maximum atomic E-state index is 10.2. The summed E-state index contributed by atoms with van der Waals surface area (Å²) in [7, 11) is 0. The molecule has 1 N–H and O–H groups in total. The Morgan fingerprint density at radius 1 is 0.895 bits per heavy atom. The summed E-state index contributed by atoms with van der Waals surface area (Å²) in [5.74, 6) is -0.269. The summed E-state index contributed by atoms with van der Waals surface area (Å²) in [4.78, 5) is 0. The van der Waals surface area contributed by atoms with Crippen LogP contribution in [0.4, 0.5) is 0 Å². The largest absolute Gasteiger partial charge is 0.462 e. The number of rotatable bonds is 0. The Hall–Kier alpha value is -2.06. The maximum absolute atomic E-state index is 10.2. The second kappa shape index (κ2) is 3.49. The zero-order valence-electron chi connectivity index (χ0n) is 10.7. The van der Waals surface area contributed by atoms with E-state index in [0.717, 1.165) is 16.7 Å². The van der Waals surface area contributed by atoms with Crippen LogP contribution in [-0.2, 0) is 6.42 Å². The summed E-state index contributed by atoms with van der Waals surface area (Å²) in [5.41, 5.74) is 1.11. The number of hydrogen-bond donors (Lipinski definition) is 1. The average Bonchev–Trinajstić information content (AvgIpc) is 2.75. The average molecular weight is 250 g/mol. The van der Waals surface area contributed by atoms with Gasteiger partial charge >= 0.3 is 0 Å². The third kappa shape index (κ3) is 1.47. The number of fused-ring (bicyclic) bond motifs is 6. The van der Waals surface area contributed by atoms with Gasteiger partial charge in [-0.2, -0.15) is 0 Å². The molecule has 2 nitrogen and oxygen atoms in total. The maximum Gasteiger partial charge on any atom is 0.209 e. The molecular formula is C17H14O2. The molecule has 0 amide bonds. The lowest BCUT2D eigenvalue weighted by atomic mass is 9.94. The Morgan fingerprint density at radius 3 is 2.11 bits per heavy atom. The van der Waals surface area contributed by atoms with Gasteiger partial charge in [-0.25, -0.2) is 0 Å². The van der Waals surface area contributed by atoms with Gasteiger partial charge in [0.05, 0.1) is 0 Å². The molecule has 1 unspecified atom stereocenters. The van der Waals surface area contributed by atoms with E-state index in [9.17, 15) is 5.11 Å². The van der Waals surface area contributed by atoms with E-state index in [1.54, 1.807) is 6.92 Å². The van der Waals surface area contributed by atoms with Crippen molar-refractivity contribution in [2.45, 2.75) is 19.1 Å². The Balaban J connectivity index is 2.24. The Labute approximate surface area is 111 Å². The zero-order chi connectivity index (χ0) is 13.0. The van der Waals surface area contributed by atoms with Crippen LogP contribution in [0.1, 0.15) is 12.5 Å². The molecule has 0 spiro atoms. The Bertz CT molecular complexity index is 736. The monoisotopic (exact) mass is 250 g/mol. The fraction of sp³-hybridized carbons (Fsp3) is 0.176. The fourth-order valence-corrected chi connectivity index (χ4v) is 3.06. The summed E-state index contributed by atoms with van der Waals surface area (Å²) >= 11 is 0. The molecule has 1 aliphatic heterocycles. The van der Waals surface area contributed by atoms with Gasteiger partial charge in [0, 0.05) is 24.3 Å². The van der Waals surface area contributed by atoms with Crippen LogP contribution >= 0.6 is 0 Å². The molecule has 0 fully saturated rings. The molecule has 0 aromatic heterocycles. The van der Waals surface area contributed by atoms with E-state index in [-0.39, 0.29) is 0 Å². The summed E-state index contributed by atoms with van der Waals surface area (Å²) in [6, 6.07) is 16.5. The van der Waals surface area contributed by atoms with Crippen molar-refractivity contribution in [2.24, 2.45) is 0 Å². The van der Waals surface area contributed by atoms with Crippen molar-refractivity contribution >= 4 is 21.5 Å². The fourth-order valence-electron chi connectivity index (χ4n) is 3.06. The molecule has 94 valence electrons. The molecular weight excluding hydrogens is 236 g/mol. The third-order valence-electron chi connectivity index (χ3n) is 3.81. The van der Waals surface area contributed by atoms with E-state index in [0.29, 0.717) is 6.42 Å². The van der Waals surface area contributed by atoms with Crippen LogP contribution in [0.3, 0.4) is 0 Å². The number of aliphatic hydroxyl groups is 1. The first-order valence-electron chi connectivity index (χ1n) is 6.49. The van der Waals surface area contributed by atoms with Crippen LogP contribution in [0.25, 0.3) is 21.5 Å². The van der Waals surface area contributed by atoms with Gasteiger partial charge in [-0.1, -0.05) is 48.5 Å². The molecule has 4 rings (SSSR count). The first-order valence-corrected chi connectivity index (χ1v) is 6.49. The lowest BCUT2D eigenvalue weighted by Gasteiger charge is -2.16. The number of benzene rings is 3. The normalized spacial score (nSPS) is 21.6. The molecule has 3 aromatic rings. The van der Waals surface area contributed by atoms with Crippen molar-refractivity contribution in [2.75, 3.05) is 0 Å². The SMILES string of the molecule is CC1(O)Cc2c(c3ccccc3c3ccccc23)O1. The Morgan fingerprint density at radius 2 is 1.42 bits per heavy atom. The van der Waals surface area contributed by atoms with Gasteiger partial charge < -0.3 is 9.84 Å². The highest BCUT2D eigenvalue weighted by atomic mass is 16.6. The van der Waals surface area contributed by atoms with Crippen LogP contribution < -0.4 is 4.74 Å². The van der Waals surface area contributed by atoms with E-state index in [1.807, 2.05) is 18.2 Å². The van der Waals surface area contributed by atoms with E-state index < -0.39 is 5.79 Å². The lowest BCUT2D eigenvalue weighted by Crippen LogP contribution is -2.28. The van der Waals surface area contributed by atoms with Crippen LogP contribution in [0, 0.1) is 0 Å². The van der Waals surface area contributed by atoms with Crippen LogP contribution in [0.5, 0.6) is 5.75 Å². The molecule has 19 heavy (non-hydrogen) atoms. The summed E-state index contributed by atoms with van der Waals surface area (Å²) in [5, 5.41) is 14.9. The van der Waals surface area contributed by atoms with Gasteiger partial charge in [-0.3, -0.25) is 0 Å². The summed E-state index contributed by atoms with van der Waals surface area (Å²) in [6.45, 7) is 1.72. The minimum Gasteiger partial charge on any atom is -0.462 e. The van der Waals surface area contributed by atoms with Gasteiger partial charge in [-0.15, -0.1) is 0 Å². The topological polar surface area (TPSA) is 29.5 Å². The number of ether oxygens (including phenoxy) is 1. The molecule has 0 radical (unpaired) electrons. The van der Waals surface area contributed by atoms with Gasteiger partial charge in [0.15, 0.2) is 0 Å². The van der Waals surface area contributed by atoms with E-state index >= 15 is 0 Å². The summed E-state index contributed by atoms with van der Waals surface area (Å²) in [6.07, 6.45) is 0.535. The van der Waals surface area contributed by atoms with Gasteiger partial charge in [-0.05, 0) is 16.2 Å². The molecule has 1 heterocycles. The van der Waals surface area contributed by atoms with Crippen molar-refractivity contribution in [1.82, 2.24) is 0 Å². The highest BCUT2D eigenvalue weighted by Crippen LogP contribution is 2.44. The highest BCUT2D eigenvalue weighted by Gasteiger charge is 2.35. The van der Waals surface area contributed by atoms with Crippen LogP contribution in [-0.4, -0.2) is 10.9 Å². The van der Waals surface area contributed by atoms with Gasteiger partial charge in [0.1, 0.15) is 5.75 Å². The second-order valence-electron chi connectivity index (χ2n) is 5.35. The molecule has 0 saturated carbocycles. The number of hydrogen-bond acceptors (Lipinski definition) is 2. The predicted molar refractivity (Wildman–Crippen MR) is 76.4 cm³/mol. The zero-order valence-corrected chi connectivity index (χ0v) is 10.7. The molecule has 0 aliphatic carbocycles. The van der Waals surface area contributed by atoms with Crippen molar-refractivity contribution in [1.29, 1.82) is 0 Å². The predicted octanol–water partition coefficient (Wildman–Crippen LogP) is 3.64. The van der Waals surface area contributed by atoms with Crippen molar-refractivity contribution in [3.63, 3.8) is 0 Å². The molecule has 3 aromatic carbocycles. The Kier molecular flexibility index (Phi) is 1.99. The molecule has 1 aliphatic rings. The minimum atomic E-state index is -1.10. The quantitative estimate of drug-likeness (QED) is 0.617. The highest BCUT2D eigenvalue weighted by molar-refractivity contribution is 6.12. The second-order valence-corrected chi connectivity index (χ2v) is 5.35. The minimum absolute atomic E-state index is 0.535. The van der Waals surface area contributed by atoms with Crippen LogP contribution in [0.2, 0.25) is 0 Å². The standard InChI is InChI=1S/C17H14O2/c1-17(18)10-15-13-8-3-2-6-11(13)12-7-4-5-9-14(12)16(15)19-17/h2-9,18H,10H2,1H3. The van der Waals surface area contributed by atoms with Crippen molar-refractivity contribution < 1.29 is 9.84 Å². The molecule has 0 bridgehead atoms. The molecule has 2 heteroatoms. The van der Waals surface area contributed by atoms with Crippen molar-refractivity contribution in [3.8, 4) is 5.75 Å². The van der Waals surface area contributed by atoms with Gasteiger partial charge in [0.2, 0.25) is 5.79 Å².